The van der Waals surface area contributed by atoms with E-state index in [1.54, 1.807) is 36.4 Å². The highest BCUT2D eigenvalue weighted by Gasteiger charge is 2.68. The van der Waals surface area contributed by atoms with Crippen molar-refractivity contribution >= 4 is 51.8 Å². The van der Waals surface area contributed by atoms with Crippen LogP contribution in [0.4, 0.5) is 10.1 Å². The fourth-order valence-electron chi connectivity index (χ4n) is 8.32. The number of nitrogens with zero attached hydrogens (tertiary/aromatic N) is 3. The molecule has 1 spiro atoms. The van der Waals surface area contributed by atoms with E-state index in [-0.39, 0.29) is 17.0 Å². The molecule has 8 nitrogen and oxygen atoms in total. The molecule has 1 aromatic heterocycles. The molecule has 8 rings (SSSR count). The summed E-state index contributed by atoms with van der Waals surface area (Å²) in [5.74, 6) is -1.04. The molecule has 0 aliphatic carbocycles. The number of ether oxygens (including phenoxy) is 2. The molecule has 4 atom stereocenters. The molecule has 1 saturated heterocycles. The van der Waals surface area contributed by atoms with Gasteiger partial charge in [0.25, 0.3) is 0 Å². The summed E-state index contributed by atoms with van der Waals surface area (Å²) in [5.41, 5.74) is 3.08. The van der Waals surface area contributed by atoms with E-state index < -0.39 is 29.2 Å². The molecule has 1 amide bonds. The third kappa shape index (κ3) is 4.48. The number of aryl methyl sites for hydroxylation is 1. The molecule has 11 heteroatoms. The molecule has 4 heterocycles. The lowest BCUT2D eigenvalue weighted by atomic mass is 9.70. The summed E-state index contributed by atoms with van der Waals surface area (Å²) in [6.45, 7) is 3.44. The Labute approximate surface area is 286 Å². The van der Waals surface area contributed by atoms with Crippen molar-refractivity contribution in [3.05, 3.63) is 123 Å². The quantitative estimate of drug-likeness (QED) is 0.185. The summed E-state index contributed by atoms with van der Waals surface area (Å²) in [6, 6.07) is 23.3. The molecule has 5 aromatic rings. The van der Waals surface area contributed by atoms with Gasteiger partial charge in [0.05, 0.1) is 35.3 Å². The van der Waals surface area contributed by atoms with Crippen LogP contribution >= 0.6 is 23.2 Å². The second-order valence-electron chi connectivity index (χ2n) is 12.4. The first-order valence-electron chi connectivity index (χ1n) is 15.9. The largest absolute Gasteiger partial charge is 0.494 e. The highest BCUT2D eigenvalue weighted by molar-refractivity contribution is 6.31. The van der Waals surface area contributed by atoms with Crippen LogP contribution < -0.4 is 10.1 Å². The number of likely N-dealkylation sites (tertiary alicyclic amines) is 1. The van der Waals surface area contributed by atoms with Crippen LogP contribution in [0.25, 0.3) is 11.0 Å². The number of rotatable bonds is 6. The molecular weight excluding hydrogens is 654 g/mol. The summed E-state index contributed by atoms with van der Waals surface area (Å²) < 4.78 is 29.4. The molecule has 0 unspecified atom stereocenters. The summed E-state index contributed by atoms with van der Waals surface area (Å²) in [6.07, 6.45) is 0.656. The smallest absolute Gasteiger partial charge is 0.337 e. The Morgan fingerprint density at radius 2 is 1.92 bits per heavy atom. The topological polar surface area (TPSA) is 85.7 Å². The number of anilines is 1. The minimum Gasteiger partial charge on any atom is -0.494 e. The molecule has 48 heavy (non-hydrogen) atoms. The zero-order valence-corrected chi connectivity index (χ0v) is 27.7. The van der Waals surface area contributed by atoms with E-state index in [4.69, 9.17) is 37.7 Å². The number of nitrogens with one attached hydrogen (secondary N) is 1. The fraction of sp³-hybridized carbons (Fsp3) is 0.270. The van der Waals surface area contributed by atoms with E-state index in [2.05, 4.69) is 14.8 Å². The van der Waals surface area contributed by atoms with E-state index in [1.807, 2.05) is 43.3 Å². The molecule has 244 valence electrons. The number of hydrogen-bond donors (Lipinski definition) is 1. The van der Waals surface area contributed by atoms with Gasteiger partial charge in [-0.2, -0.15) is 0 Å². The molecule has 3 aliphatic heterocycles. The van der Waals surface area contributed by atoms with Crippen molar-refractivity contribution in [1.29, 1.82) is 0 Å². The van der Waals surface area contributed by atoms with E-state index >= 15 is 4.39 Å². The van der Waals surface area contributed by atoms with Crippen LogP contribution in [0.15, 0.2) is 78.9 Å². The predicted molar refractivity (Wildman–Crippen MR) is 181 cm³/mol. The van der Waals surface area contributed by atoms with Crippen LogP contribution in [0, 0.1) is 5.82 Å². The van der Waals surface area contributed by atoms with Gasteiger partial charge in [-0.3, -0.25) is 9.69 Å². The number of methoxy groups -OCH3 is 1. The van der Waals surface area contributed by atoms with Crippen LogP contribution in [0.5, 0.6) is 5.75 Å². The maximum Gasteiger partial charge on any atom is 0.337 e. The Balaban J connectivity index is 1.41. The van der Waals surface area contributed by atoms with E-state index in [9.17, 15) is 9.59 Å². The molecule has 0 saturated carbocycles. The minimum atomic E-state index is -1.35. The van der Waals surface area contributed by atoms with Crippen molar-refractivity contribution in [3.8, 4) is 5.75 Å². The molecule has 1 N–H and O–H groups in total. The second-order valence-corrected chi connectivity index (χ2v) is 13.3. The molecule has 0 bridgehead atoms. The number of aromatic nitrogens is 2. The van der Waals surface area contributed by atoms with Gasteiger partial charge in [0.2, 0.25) is 5.91 Å². The van der Waals surface area contributed by atoms with E-state index in [0.717, 1.165) is 16.8 Å². The van der Waals surface area contributed by atoms with Crippen LogP contribution in [-0.2, 0) is 28.2 Å². The van der Waals surface area contributed by atoms with Crippen LogP contribution in [-0.4, -0.2) is 46.1 Å². The highest BCUT2D eigenvalue weighted by atomic mass is 35.5. The van der Waals surface area contributed by atoms with Crippen molar-refractivity contribution in [2.75, 3.05) is 19.0 Å². The third-order valence-corrected chi connectivity index (χ3v) is 10.6. The van der Waals surface area contributed by atoms with Crippen molar-refractivity contribution < 1.29 is 23.5 Å². The average Bonchev–Trinajstić information content (AvgIpc) is 3.69. The molecule has 3 aliphatic rings. The lowest BCUT2D eigenvalue weighted by molar-refractivity contribution is -0.128. The van der Waals surface area contributed by atoms with Crippen molar-refractivity contribution in [3.63, 3.8) is 0 Å². The zero-order valence-electron chi connectivity index (χ0n) is 26.2. The number of carbonyl (C=O) groups is 2. The summed E-state index contributed by atoms with van der Waals surface area (Å²) in [5, 5.41) is 3.57. The number of halogens is 3. The van der Waals surface area contributed by atoms with Gasteiger partial charge in [0.15, 0.2) is 0 Å². The monoisotopic (exact) mass is 684 g/mol. The summed E-state index contributed by atoms with van der Waals surface area (Å²) in [4.78, 5) is 34.6. The van der Waals surface area contributed by atoms with Gasteiger partial charge in [0.1, 0.15) is 22.9 Å². The maximum absolute atomic E-state index is 16.5. The first-order valence-corrected chi connectivity index (χ1v) is 16.6. The van der Waals surface area contributed by atoms with Gasteiger partial charge in [0, 0.05) is 47.2 Å². The normalized spacial score (nSPS) is 22.8. The minimum absolute atomic E-state index is 0.0242. The van der Waals surface area contributed by atoms with Crippen molar-refractivity contribution in [2.45, 2.75) is 49.9 Å². The number of imidazole rings is 1. The number of benzene rings is 4. The number of esters is 1. The summed E-state index contributed by atoms with van der Waals surface area (Å²) in [7, 11) is 1.34. The van der Waals surface area contributed by atoms with Gasteiger partial charge in [-0.15, -0.1) is 0 Å². The average molecular weight is 686 g/mol. The Kier molecular flexibility index (Phi) is 7.47. The fourth-order valence-corrected chi connectivity index (χ4v) is 8.67. The van der Waals surface area contributed by atoms with Gasteiger partial charge < -0.3 is 19.4 Å². The number of carbonyl (C=O) groups excluding carboxylic acids is 2. The lowest BCUT2D eigenvalue weighted by Crippen LogP contribution is -2.51. The first-order chi connectivity index (χ1) is 23.3. The molecule has 4 aromatic carbocycles. The van der Waals surface area contributed by atoms with Gasteiger partial charge in [-0.1, -0.05) is 53.5 Å². The Hall–Kier alpha value is -4.44. The highest BCUT2D eigenvalue weighted by Crippen LogP contribution is 2.64. The number of hydrogen-bond acceptors (Lipinski definition) is 6. The number of amides is 1. The predicted octanol–water partition coefficient (Wildman–Crippen LogP) is 7.67. The lowest BCUT2D eigenvalue weighted by Gasteiger charge is -2.40. The Morgan fingerprint density at radius 1 is 1.08 bits per heavy atom. The van der Waals surface area contributed by atoms with E-state index in [0.29, 0.717) is 64.9 Å². The molecule has 1 fully saturated rings. The van der Waals surface area contributed by atoms with Crippen molar-refractivity contribution in [1.82, 2.24) is 14.5 Å². The maximum atomic E-state index is 16.5. The zero-order chi connectivity index (χ0) is 33.3. The summed E-state index contributed by atoms with van der Waals surface area (Å²) >= 11 is 12.9. The van der Waals surface area contributed by atoms with Gasteiger partial charge in [-0.25, -0.2) is 14.2 Å². The molecular formula is C37H31Cl2FN4O4. The molecule has 0 radical (unpaired) electrons. The van der Waals surface area contributed by atoms with Crippen molar-refractivity contribution in [2.24, 2.45) is 0 Å². The third-order valence-electron chi connectivity index (χ3n) is 10.1. The first kappa shape index (κ1) is 30.9. The SMILES string of the molecule is CCOc1cccc(CN2[C@@H]3CCn4c(nc5cc(C(=O)OC)ccc54)[C@@H]3[C@@H](c3cccc(Cl)c3F)[C@@]23C(=O)Nc2cc(Cl)ccc23)c1. The number of fused-ring (bicyclic) bond motifs is 7. The van der Waals surface area contributed by atoms with Crippen LogP contribution in [0.1, 0.15) is 58.1 Å². The second kappa shape index (κ2) is 11.6. The Morgan fingerprint density at radius 3 is 2.73 bits per heavy atom. The van der Waals surface area contributed by atoms with Gasteiger partial charge in [-0.05, 0) is 73.0 Å². The van der Waals surface area contributed by atoms with Gasteiger partial charge >= 0.3 is 5.97 Å². The Bertz CT molecular complexity index is 2140. The van der Waals surface area contributed by atoms with E-state index in [1.165, 1.54) is 13.2 Å². The van der Waals surface area contributed by atoms with Crippen LogP contribution in [0.2, 0.25) is 10.0 Å². The van der Waals surface area contributed by atoms with Crippen LogP contribution in [0.3, 0.4) is 0 Å². The standard InChI is InChI=1S/C37H31Cl2FN4O4/c1-3-48-23-7-4-6-20(16-23)19-44-30-14-15-43-29-13-10-21(35(45)47-2)17-28(29)41-34(43)31(30)32(24-8-5-9-26(39)33(24)40)37(44)25-12-11-22(38)18-27(25)42-36(37)46/h4-13,16-18,30-32H,3,14-15,19H2,1-2H3,(H,42,46)/t30-,31+,32-,37+/m1/s1.